The van der Waals surface area contributed by atoms with Crippen molar-refractivity contribution >= 4 is 46.6 Å². The highest BCUT2D eigenvalue weighted by molar-refractivity contribution is 7.99. The van der Waals surface area contributed by atoms with E-state index in [2.05, 4.69) is 9.88 Å². The Bertz CT molecular complexity index is 853. The maximum atomic E-state index is 13.1. The monoisotopic (exact) mass is 437 g/mol. The minimum absolute atomic E-state index is 0.0365. The van der Waals surface area contributed by atoms with Gasteiger partial charge in [-0.2, -0.15) is 11.8 Å². The molecule has 3 heterocycles. The van der Waals surface area contributed by atoms with Crippen molar-refractivity contribution in [3.8, 4) is 5.88 Å². The van der Waals surface area contributed by atoms with Gasteiger partial charge in [-0.05, 0) is 36.4 Å². The van der Waals surface area contributed by atoms with Crippen LogP contribution in [0.25, 0.3) is 0 Å². The SMILES string of the molecule is O=C(c1cccnc1OC1CCSC1)N1CCN(c2cccc(Cl)c2Cl)CC1. The van der Waals surface area contributed by atoms with Gasteiger partial charge in [-0.15, -0.1) is 0 Å². The zero-order valence-corrected chi connectivity index (χ0v) is 17.6. The summed E-state index contributed by atoms with van der Waals surface area (Å²) in [6.45, 7) is 2.60. The average Bonchev–Trinajstić information content (AvgIpc) is 3.23. The maximum absolute atomic E-state index is 13.1. The summed E-state index contributed by atoms with van der Waals surface area (Å²) < 4.78 is 6.02. The van der Waals surface area contributed by atoms with Crippen LogP contribution < -0.4 is 9.64 Å². The van der Waals surface area contributed by atoms with E-state index in [0.717, 1.165) is 23.6 Å². The second kappa shape index (κ2) is 8.80. The van der Waals surface area contributed by atoms with Gasteiger partial charge in [-0.3, -0.25) is 4.79 Å². The molecule has 2 aliphatic rings. The van der Waals surface area contributed by atoms with Gasteiger partial charge >= 0.3 is 0 Å². The van der Waals surface area contributed by atoms with Gasteiger partial charge in [0, 0.05) is 38.1 Å². The molecule has 2 aromatic rings. The number of hydrogen-bond acceptors (Lipinski definition) is 5. The van der Waals surface area contributed by atoms with Gasteiger partial charge < -0.3 is 14.5 Å². The van der Waals surface area contributed by atoms with Gasteiger partial charge in [0.2, 0.25) is 5.88 Å². The van der Waals surface area contributed by atoms with E-state index >= 15 is 0 Å². The van der Waals surface area contributed by atoms with Gasteiger partial charge in [0.15, 0.2) is 0 Å². The Morgan fingerprint density at radius 3 is 2.71 bits per heavy atom. The molecule has 1 unspecified atom stereocenters. The number of rotatable bonds is 4. The van der Waals surface area contributed by atoms with Crippen LogP contribution >= 0.6 is 35.0 Å². The summed E-state index contributed by atoms with van der Waals surface area (Å²) in [6, 6.07) is 9.21. The van der Waals surface area contributed by atoms with Crippen molar-refractivity contribution in [2.24, 2.45) is 0 Å². The summed E-state index contributed by atoms with van der Waals surface area (Å²) in [6.07, 6.45) is 2.80. The minimum atomic E-state index is -0.0365. The van der Waals surface area contributed by atoms with Crippen molar-refractivity contribution in [2.45, 2.75) is 12.5 Å². The van der Waals surface area contributed by atoms with E-state index in [1.165, 1.54) is 0 Å². The Kier molecular flexibility index (Phi) is 6.19. The molecular formula is C20H21Cl2N3O2S. The van der Waals surface area contributed by atoms with Gasteiger partial charge in [-0.25, -0.2) is 4.98 Å². The fourth-order valence-electron chi connectivity index (χ4n) is 3.47. The van der Waals surface area contributed by atoms with Gasteiger partial charge in [0.05, 0.1) is 15.7 Å². The van der Waals surface area contributed by atoms with Crippen LogP contribution in [0.15, 0.2) is 36.5 Å². The normalized spacial score (nSPS) is 19.7. The average molecular weight is 438 g/mol. The number of benzene rings is 1. The number of ether oxygens (including phenoxy) is 1. The number of nitrogens with zero attached hydrogens (tertiary/aromatic N) is 3. The first-order valence-corrected chi connectivity index (χ1v) is 11.2. The fourth-order valence-corrected chi connectivity index (χ4v) is 4.98. The third-order valence-electron chi connectivity index (χ3n) is 5.01. The van der Waals surface area contributed by atoms with Gasteiger partial charge in [-0.1, -0.05) is 29.3 Å². The molecule has 8 heteroatoms. The molecule has 1 aromatic heterocycles. The van der Waals surface area contributed by atoms with Crippen molar-refractivity contribution in [3.63, 3.8) is 0 Å². The first-order chi connectivity index (χ1) is 13.6. The summed E-state index contributed by atoms with van der Waals surface area (Å²) in [5, 5.41) is 1.10. The molecule has 1 atom stereocenters. The van der Waals surface area contributed by atoms with Crippen LogP contribution in [0.5, 0.6) is 5.88 Å². The molecule has 0 bridgehead atoms. The maximum Gasteiger partial charge on any atom is 0.259 e. The molecule has 0 aliphatic carbocycles. The minimum Gasteiger partial charge on any atom is -0.473 e. The summed E-state index contributed by atoms with van der Waals surface area (Å²) in [7, 11) is 0. The number of pyridine rings is 1. The molecule has 2 fully saturated rings. The lowest BCUT2D eigenvalue weighted by molar-refractivity contribution is 0.0738. The predicted molar refractivity (Wildman–Crippen MR) is 115 cm³/mol. The topological polar surface area (TPSA) is 45.7 Å². The van der Waals surface area contributed by atoms with E-state index in [1.807, 2.05) is 28.8 Å². The van der Waals surface area contributed by atoms with Crippen LogP contribution in [-0.4, -0.2) is 59.6 Å². The van der Waals surface area contributed by atoms with Gasteiger partial charge in [0.25, 0.3) is 5.91 Å². The number of halogens is 2. The molecule has 5 nitrogen and oxygen atoms in total. The van der Waals surface area contributed by atoms with Crippen LogP contribution in [0.3, 0.4) is 0 Å². The van der Waals surface area contributed by atoms with Crippen molar-refractivity contribution in [1.29, 1.82) is 0 Å². The van der Waals surface area contributed by atoms with Crippen molar-refractivity contribution in [2.75, 3.05) is 42.6 Å². The summed E-state index contributed by atoms with van der Waals surface area (Å²) in [5.41, 5.74) is 1.44. The number of amides is 1. The highest BCUT2D eigenvalue weighted by Crippen LogP contribution is 2.33. The zero-order chi connectivity index (χ0) is 19.5. The quantitative estimate of drug-likeness (QED) is 0.715. The molecule has 0 spiro atoms. The Morgan fingerprint density at radius 1 is 1.14 bits per heavy atom. The first-order valence-electron chi connectivity index (χ1n) is 9.31. The number of piperazine rings is 1. The molecule has 2 saturated heterocycles. The summed E-state index contributed by atoms with van der Waals surface area (Å²) >= 11 is 14.3. The largest absolute Gasteiger partial charge is 0.473 e. The molecule has 148 valence electrons. The predicted octanol–water partition coefficient (Wildman–Crippen LogP) is 4.24. The lowest BCUT2D eigenvalue weighted by Crippen LogP contribution is -2.49. The number of aromatic nitrogens is 1. The van der Waals surface area contributed by atoms with Crippen molar-refractivity contribution < 1.29 is 9.53 Å². The van der Waals surface area contributed by atoms with E-state index in [0.29, 0.717) is 47.7 Å². The van der Waals surface area contributed by atoms with Gasteiger partial charge in [0.1, 0.15) is 11.7 Å². The Labute approximate surface area is 179 Å². The van der Waals surface area contributed by atoms with Crippen LogP contribution in [0.1, 0.15) is 16.8 Å². The standard InChI is InChI=1S/C20H21Cl2N3O2S/c21-16-4-1-5-17(18(16)22)24-8-10-25(11-9-24)20(26)15-3-2-7-23-19(15)27-14-6-12-28-13-14/h1-5,7,14H,6,8-13H2. The third-order valence-corrected chi connectivity index (χ3v) is 6.95. The van der Waals surface area contributed by atoms with Crippen LogP contribution in [0, 0.1) is 0 Å². The molecule has 28 heavy (non-hydrogen) atoms. The molecule has 4 rings (SSSR count). The molecule has 0 N–H and O–H groups in total. The van der Waals surface area contributed by atoms with E-state index in [-0.39, 0.29) is 12.0 Å². The van der Waals surface area contributed by atoms with Crippen LogP contribution in [-0.2, 0) is 0 Å². The number of hydrogen-bond donors (Lipinski definition) is 0. The number of thioether (sulfide) groups is 1. The van der Waals surface area contributed by atoms with E-state index in [1.54, 1.807) is 24.4 Å². The second-order valence-electron chi connectivity index (χ2n) is 6.81. The lowest BCUT2D eigenvalue weighted by Gasteiger charge is -2.36. The summed E-state index contributed by atoms with van der Waals surface area (Å²) in [5.74, 6) is 2.45. The van der Waals surface area contributed by atoms with Crippen LogP contribution in [0.2, 0.25) is 10.0 Å². The second-order valence-corrected chi connectivity index (χ2v) is 8.75. The fraction of sp³-hybridized carbons (Fsp3) is 0.400. The Hall–Kier alpha value is -1.63. The molecule has 1 aromatic carbocycles. The summed E-state index contributed by atoms with van der Waals surface area (Å²) in [4.78, 5) is 21.4. The van der Waals surface area contributed by atoms with Crippen LogP contribution in [0.4, 0.5) is 5.69 Å². The highest BCUT2D eigenvalue weighted by Gasteiger charge is 2.27. The number of carbonyl (C=O) groups excluding carboxylic acids is 1. The molecule has 0 saturated carbocycles. The first kappa shape index (κ1) is 19.7. The van der Waals surface area contributed by atoms with Crippen molar-refractivity contribution in [3.05, 3.63) is 52.1 Å². The Morgan fingerprint density at radius 2 is 1.96 bits per heavy atom. The van der Waals surface area contributed by atoms with E-state index < -0.39 is 0 Å². The number of anilines is 1. The number of carbonyl (C=O) groups is 1. The van der Waals surface area contributed by atoms with E-state index in [9.17, 15) is 4.79 Å². The zero-order valence-electron chi connectivity index (χ0n) is 15.3. The smallest absolute Gasteiger partial charge is 0.259 e. The molecule has 0 radical (unpaired) electrons. The molecule has 1 amide bonds. The molecular weight excluding hydrogens is 417 g/mol. The van der Waals surface area contributed by atoms with E-state index in [4.69, 9.17) is 27.9 Å². The molecule has 2 aliphatic heterocycles. The Balaban J connectivity index is 1.44. The highest BCUT2D eigenvalue weighted by atomic mass is 35.5. The lowest BCUT2D eigenvalue weighted by atomic mass is 10.2. The van der Waals surface area contributed by atoms with Crippen molar-refractivity contribution in [1.82, 2.24) is 9.88 Å². The third kappa shape index (κ3) is 4.19.